The van der Waals surface area contributed by atoms with Gasteiger partial charge in [-0.1, -0.05) is 5.11 Å². The third kappa shape index (κ3) is 2.88. The Labute approximate surface area is 41.4 Å². The van der Waals surface area contributed by atoms with Crippen LogP contribution in [0.1, 0.15) is 6.92 Å². The van der Waals surface area contributed by atoms with E-state index in [9.17, 15) is 4.79 Å². The van der Waals surface area contributed by atoms with Crippen LogP contribution in [-0.2, 0) is 0 Å². The van der Waals surface area contributed by atoms with E-state index in [1.54, 1.807) is 6.92 Å². The zero-order valence-corrected chi connectivity index (χ0v) is 4.06. The summed E-state index contributed by atoms with van der Waals surface area (Å²) in [4.78, 5) is 9.95. The lowest BCUT2D eigenvalue weighted by Gasteiger charge is -1.88. The van der Waals surface area contributed by atoms with Crippen LogP contribution in [0.25, 0.3) is 0 Å². The highest BCUT2D eigenvalue weighted by Crippen LogP contribution is 1.66. The molecule has 0 aromatic rings. The Morgan fingerprint density at radius 3 is 2.71 bits per heavy atom. The van der Waals surface area contributed by atoms with Gasteiger partial charge in [-0.05, 0) is 6.92 Å². The van der Waals surface area contributed by atoms with Crippen molar-refractivity contribution in [1.29, 1.82) is 5.53 Å². The second-order valence-corrected chi connectivity index (χ2v) is 0.947. The van der Waals surface area contributed by atoms with Gasteiger partial charge in [0.15, 0.2) is 0 Å². The number of nitrogens with one attached hydrogen (secondary N) is 2. The Morgan fingerprint density at radius 1 is 2.00 bits per heavy atom. The van der Waals surface area contributed by atoms with E-state index in [1.165, 1.54) is 0 Å². The maximum absolute atomic E-state index is 9.95. The van der Waals surface area contributed by atoms with Crippen molar-refractivity contribution in [1.82, 2.24) is 5.32 Å². The van der Waals surface area contributed by atoms with Gasteiger partial charge in [0.25, 0.3) is 0 Å². The predicted molar refractivity (Wildman–Crippen MR) is 24.2 cm³/mol. The van der Waals surface area contributed by atoms with E-state index in [2.05, 4.69) is 10.4 Å². The number of hydrogen-bond acceptors (Lipinski definition) is 2. The van der Waals surface area contributed by atoms with Crippen LogP contribution in [-0.4, -0.2) is 12.6 Å². The van der Waals surface area contributed by atoms with Crippen LogP contribution in [0, 0.1) is 5.53 Å². The molecule has 2 N–H and O–H groups in total. The third-order valence-electron chi connectivity index (χ3n) is 0.430. The van der Waals surface area contributed by atoms with E-state index < -0.39 is 6.03 Å². The van der Waals surface area contributed by atoms with Crippen molar-refractivity contribution in [2.45, 2.75) is 6.92 Å². The summed E-state index contributed by atoms with van der Waals surface area (Å²) in [5, 5.41) is 4.88. The van der Waals surface area contributed by atoms with Gasteiger partial charge in [0.05, 0.1) is 0 Å². The lowest BCUT2D eigenvalue weighted by atomic mass is 10.7. The normalized spacial score (nSPS) is 7.57. The van der Waals surface area contributed by atoms with Gasteiger partial charge >= 0.3 is 6.03 Å². The van der Waals surface area contributed by atoms with Crippen molar-refractivity contribution >= 4 is 6.03 Å². The van der Waals surface area contributed by atoms with Gasteiger partial charge in [0.2, 0.25) is 0 Å². The molecule has 2 amide bonds. The molecule has 0 aromatic carbocycles. The molecule has 0 aliphatic heterocycles. The molecular weight excluding hydrogens is 94.1 g/mol. The molecule has 4 heteroatoms. The van der Waals surface area contributed by atoms with Gasteiger partial charge in [-0.3, -0.25) is 0 Å². The van der Waals surface area contributed by atoms with Gasteiger partial charge in [-0.2, -0.15) is 5.53 Å². The van der Waals surface area contributed by atoms with Crippen molar-refractivity contribution in [2.24, 2.45) is 5.11 Å². The fraction of sp³-hybridized carbons (Fsp3) is 0.667. The Bertz CT molecular complexity index is 80.2. The smallest absolute Gasteiger partial charge is 0.335 e. The van der Waals surface area contributed by atoms with Crippen LogP contribution in [0.5, 0.6) is 0 Å². The summed E-state index contributed by atoms with van der Waals surface area (Å²) in [6.07, 6.45) is 0. The molecule has 4 nitrogen and oxygen atoms in total. The molecule has 0 atom stereocenters. The average molecular weight is 101 g/mol. The fourth-order valence-corrected chi connectivity index (χ4v) is 0.191. The lowest BCUT2D eigenvalue weighted by Crippen LogP contribution is -2.17. The molecular formula is C3H7N3O. The summed E-state index contributed by atoms with van der Waals surface area (Å²) in [6, 6.07) is -0.581. The zero-order chi connectivity index (χ0) is 5.70. The van der Waals surface area contributed by atoms with E-state index in [0.29, 0.717) is 6.54 Å². The molecule has 7 heavy (non-hydrogen) atoms. The number of nitrogens with zero attached hydrogens (tertiary/aromatic N) is 1. The molecule has 0 aliphatic carbocycles. The average Bonchev–Trinajstić information content (AvgIpc) is 1.68. The molecule has 0 heterocycles. The van der Waals surface area contributed by atoms with Crippen LogP contribution in [0.2, 0.25) is 0 Å². The number of amides is 2. The van der Waals surface area contributed by atoms with Crippen molar-refractivity contribution in [3.8, 4) is 0 Å². The van der Waals surface area contributed by atoms with Crippen molar-refractivity contribution in [2.75, 3.05) is 6.54 Å². The van der Waals surface area contributed by atoms with Gasteiger partial charge in [0.1, 0.15) is 0 Å². The minimum atomic E-state index is -0.581. The second-order valence-electron chi connectivity index (χ2n) is 0.947. The van der Waals surface area contributed by atoms with E-state index in [4.69, 9.17) is 5.53 Å². The Kier molecular flexibility index (Phi) is 2.83. The number of rotatable bonds is 1. The highest BCUT2D eigenvalue weighted by atomic mass is 16.2. The van der Waals surface area contributed by atoms with Gasteiger partial charge < -0.3 is 5.32 Å². The maximum Gasteiger partial charge on any atom is 0.359 e. The monoisotopic (exact) mass is 101 g/mol. The summed E-state index contributed by atoms with van der Waals surface area (Å²) in [7, 11) is 0. The van der Waals surface area contributed by atoms with Crippen LogP contribution >= 0.6 is 0 Å². The summed E-state index contributed by atoms with van der Waals surface area (Å²) in [6.45, 7) is 2.30. The molecule has 0 aromatic heterocycles. The molecule has 0 radical (unpaired) electrons. The molecule has 0 unspecified atom stereocenters. The van der Waals surface area contributed by atoms with E-state index >= 15 is 0 Å². The van der Waals surface area contributed by atoms with Gasteiger partial charge in [-0.25, -0.2) is 4.79 Å². The largest absolute Gasteiger partial charge is 0.359 e. The Hall–Kier alpha value is -0.930. The number of carbonyl (C=O) groups is 1. The summed E-state index contributed by atoms with van der Waals surface area (Å²) >= 11 is 0. The third-order valence-corrected chi connectivity index (χ3v) is 0.430. The van der Waals surface area contributed by atoms with Crippen molar-refractivity contribution in [3.05, 3.63) is 0 Å². The topological polar surface area (TPSA) is 65.3 Å². The number of carbonyl (C=O) groups excluding carboxylic acids is 1. The Morgan fingerprint density at radius 2 is 2.57 bits per heavy atom. The van der Waals surface area contributed by atoms with Crippen molar-refractivity contribution < 1.29 is 4.79 Å². The van der Waals surface area contributed by atoms with E-state index in [0.717, 1.165) is 0 Å². The first-order valence-electron chi connectivity index (χ1n) is 1.96. The summed E-state index contributed by atoms with van der Waals surface area (Å²) in [5.74, 6) is 0. The molecule has 0 aliphatic rings. The van der Waals surface area contributed by atoms with Crippen LogP contribution in [0.15, 0.2) is 5.11 Å². The second kappa shape index (κ2) is 3.27. The summed E-state index contributed by atoms with van der Waals surface area (Å²) < 4.78 is 0. The number of urea groups is 1. The van der Waals surface area contributed by atoms with Gasteiger partial charge in [0, 0.05) is 6.54 Å². The quantitative estimate of drug-likeness (QED) is 0.470. The molecule has 0 rings (SSSR count). The number of hydrogen-bond donors (Lipinski definition) is 2. The van der Waals surface area contributed by atoms with Crippen LogP contribution in [0.3, 0.4) is 0 Å². The molecule has 40 valence electrons. The molecule has 0 bridgehead atoms. The minimum absolute atomic E-state index is 0.529. The summed E-state index contributed by atoms with van der Waals surface area (Å²) in [5.41, 5.74) is 6.12. The first-order chi connectivity index (χ1) is 3.31. The standard InChI is InChI=1S/C3H7N3O/c1-2-5-3(7)6-4/h4H,2H2,1H3,(H,5,7). The first-order valence-corrected chi connectivity index (χ1v) is 1.96. The Balaban J connectivity index is 3.17. The SMILES string of the molecule is CCNC(=O)N=N. The molecule has 0 saturated carbocycles. The van der Waals surface area contributed by atoms with Crippen LogP contribution < -0.4 is 5.32 Å². The highest BCUT2D eigenvalue weighted by Gasteiger charge is 1.87. The zero-order valence-electron chi connectivity index (χ0n) is 4.06. The molecule has 0 fully saturated rings. The molecule has 0 saturated heterocycles. The highest BCUT2D eigenvalue weighted by molar-refractivity contribution is 5.73. The van der Waals surface area contributed by atoms with Gasteiger partial charge in [-0.15, -0.1) is 0 Å². The van der Waals surface area contributed by atoms with Crippen LogP contribution in [0.4, 0.5) is 4.79 Å². The minimum Gasteiger partial charge on any atom is -0.335 e. The van der Waals surface area contributed by atoms with E-state index in [1.807, 2.05) is 0 Å². The lowest BCUT2D eigenvalue weighted by molar-refractivity contribution is 0.248. The maximum atomic E-state index is 9.95. The first kappa shape index (κ1) is 6.07. The van der Waals surface area contributed by atoms with E-state index in [-0.39, 0.29) is 0 Å². The van der Waals surface area contributed by atoms with Crippen molar-refractivity contribution in [3.63, 3.8) is 0 Å². The predicted octanol–water partition coefficient (Wildman–Crippen LogP) is 0.747. The molecule has 0 spiro atoms. The fourth-order valence-electron chi connectivity index (χ4n) is 0.191.